The largest absolute Gasteiger partial charge is 0.465 e. The Kier molecular flexibility index (Phi) is 6.12. The molecule has 0 atom stereocenters. The van der Waals surface area contributed by atoms with Crippen LogP contribution in [-0.2, 0) is 6.54 Å². The number of rotatable bonds is 7. The molecule has 2 aromatic heterocycles. The highest BCUT2D eigenvalue weighted by atomic mass is 79.9. The van der Waals surface area contributed by atoms with E-state index in [1.165, 1.54) is 0 Å². The predicted octanol–water partition coefficient (Wildman–Crippen LogP) is 3.75. The number of aromatic amines is 1. The number of ether oxygens (including phenoxy) is 1. The van der Waals surface area contributed by atoms with Gasteiger partial charge in [0, 0.05) is 23.1 Å². The predicted molar refractivity (Wildman–Crippen MR) is 106 cm³/mol. The van der Waals surface area contributed by atoms with Crippen molar-refractivity contribution in [1.82, 2.24) is 30.8 Å². The molecule has 0 radical (unpaired) electrons. The fourth-order valence-electron chi connectivity index (χ4n) is 2.41. The lowest BCUT2D eigenvalue weighted by atomic mass is 10.2. The average molecular weight is 430 g/mol. The number of allylic oxidation sites excluding steroid dienone is 1. The van der Waals surface area contributed by atoms with Crippen LogP contribution < -0.4 is 9.64 Å². The van der Waals surface area contributed by atoms with E-state index in [0.29, 0.717) is 18.1 Å². The van der Waals surface area contributed by atoms with Crippen LogP contribution in [0.2, 0.25) is 0 Å². The molecule has 0 amide bonds. The summed E-state index contributed by atoms with van der Waals surface area (Å²) in [5.41, 5.74) is 2.71. The number of benzene rings is 1. The molecule has 8 nitrogen and oxygen atoms in total. The van der Waals surface area contributed by atoms with Gasteiger partial charge in [-0.25, -0.2) is 0 Å². The number of halogens is 1. The normalized spacial score (nSPS) is 10.5. The van der Waals surface area contributed by atoms with Crippen molar-refractivity contribution in [2.75, 3.05) is 11.4 Å². The zero-order valence-corrected chi connectivity index (χ0v) is 16.9. The second kappa shape index (κ2) is 8.72. The third kappa shape index (κ3) is 4.88. The fraction of sp³-hybridized carbons (Fsp3) is 0.278. The Morgan fingerprint density at radius 3 is 2.67 bits per heavy atom. The molecular weight excluding hydrogens is 410 g/mol. The average Bonchev–Trinajstić information content (AvgIpc) is 3.20. The molecule has 1 N–H and O–H groups in total. The number of nitrogens with one attached hydrogen (secondary N) is 1. The molecule has 140 valence electrons. The lowest BCUT2D eigenvalue weighted by Crippen LogP contribution is -2.23. The molecule has 0 saturated heterocycles. The fourth-order valence-corrected chi connectivity index (χ4v) is 2.82. The molecule has 0 spiro atoms. The number of tetrazole rings is 1. The van der Waals surface area contributed by atoms with Crippen molar-refractivity contribution < 1.29 is 4.74 Å². The zero-order chi connectivity index (χ0) is 19.2. The number of hydrogen-bond donors (Lipinski definition) is 1. The van der Waals surface area contributed by atoms with Crippen molar-refractivity contribution in [3.8, 4) is 17.3 Å². The van der Waals surface area contributed by atoms with Crippen molar-refractivity contribution in [2.24, 2.45) is 0 Å². The highest BCUT2D eigenvalue weighted by Gasteiger charge is 2.13. The molecule has 0 bridgehead atoms. The minimum absolute atomic E-state index is 0.418. The zero-order valence-electron chi connectivity index (χ0n) is 15.3. The van der Waals surface area contributed by atoms with Crippen LogP contribution in [-0.4, -0.2) is 37.4 Å². The first kappa shape index (κ1) is 19.0. The molecule has 1 aromatic carbocycles. The minimum atomic E-state index is 0.418. The van der Waals surface area contributed by atoms with Gasteiger partial charge in [0.05, 0.1) is 6.26 Å². The Bertz CT molecular complexity index is 906. The lowest BCUT2D eigenvalue weighted by molar-refractivity contribution is 0.468. The van der Waals surface area contributed by atoms with Gasteiger partial charge in [0.15, 0.2) is 5.82 Å². The van der Waals surface area contributed by atoms with Gasteiger partial charge < -0.3 is 9.64 Å². The van der Waals surface area contributed by atoms with Gasteiger partial charge >= 0.3 is 0 Å². The summed E-state index contributed by atoms with van der Waals surface area (Å²) >= 11 is 3.54. The third-order valence-corrected chi connectivity index (χ3v) is 4.23. The van der Waals surface area contributed by atoms with E-state index >= 15 is 0 Å². The Hall–Kier alpha value is -2.81. The van der Waals surface area contributed by atoms with Crippen LogP contribution in [0.4, 0.5) is 5.82 Å². The number of H-pyrrole nitrogens is 1. The second-order valence-corrected chi connectivity index (χ2v) is 7.01. The monoisotopic (exact) mass is 429 g/mol. The maximum absolute atomic E-state index is 5.83. The molecule has 0 aliphatic carbocycles. The van der Waals surface area contributed by atoms with Gasteiger partial charge in [0.2, 0.25) is 5.82 Å². The Balaban J connectivity index is 1.82. The van der Waals surface area contributed by atoms with Gasteiger partial charge in [-0.05, 0) is 61.9 Å². The van der Waals surface area contributed by atoms with Crippen LogP contribution in [0.3, 0.4) is 0 Å². The number of anilines is 1. The van der Waals surface area contributed by atoms with Crippen LogP contribution in [0.1, 0.15) is 26.3 Å². The first-order chi connectivity index (χ1) is 13.1. The van der Waals surface area contributed by atoms with Crippen LogP contribution in [0, 0.1) is 0 Å². The van der Waals surface area contributed by atoms with Crippen molar-refractivity contribution in [3.63, 3.8) is 0 Å². The van der Waals surface area contributed by atoms with E-state index in [1.807, 2.05) is 38.1 Å². The minimum Gasteiger partial charge on any atom is -0.465 e. The molecule has 3 rings (SSSR count). The molecule has 27 heavy (non-hydrogen) atoms. The highest BCUT2D eigenvalue weighted by Crippen LogP contribution is 2.27. The summed E-state index contributed by atoms with van der Waals surface area (Å²) in [7, 11) is 0. The summed E-state index contributed by atoms with van der Waals surface area (Å²) < 4.78 is 6.83. The number of nitrogens with zero attached hydrogens (tertiary/aromatic N) is 6. The summed E-state index contributed by atoms with van der Waals surface area (Å²) in [4.78, 5) is 2.12. The highest BCUT2D eigenvalue weighted by molar-refractivity contribution is 9.10. The summed E-state index contributed by atoms with van der Waals surface area (Å²) in [6, 6.07) is 9.71. The maximum Gasteiger partial charge on any atom is 0.224 e. The van der Waals surface area contributed by atoms with Crippen LogP contribution in [0.15, 0.2) is 46.6 Å². The number of aromatic nitrogens is 6. The van der Waals surface area contributed by atoms with Gasteiger partial charge in [0.25, 0.3) is 0 Å². The first-order valence-electron chi connectivity index (χ1n) is 8.47. The molecule has 9 heteroatoms. The van der Waals surface area contributed by atoms with E-state index < -0.39 is 0 Å². The SMILES string of the molecule is CCN(Cc1cc(Br)ccc1OC=C(C)C)c1ccc(-c2nn[nH]n2)nn1. The Labute approximate surface area is 165 Å². The van der Waals surface area contributed by atoms with Gasteiger partial charge in [-0.15, -0.1) is 20.4 Å². The van der Waals surface area contributed by atoms with Gasteiger partial charge in [-0.2, -0.15) is 5.21 Å². The van der Waals surface area contributed by atoms with Crippen LogP contribution >= 0.6 is 15.9 Å². The van der Waals surface area contributed by atoms with E-state index in [9.17, 15) is 0 Å². The Morgan fingerprint density at radius 1 is 1.19 bits per heavy atom. The van der Waals surface area contributed by atoms with E-state index in [1.54, 1.807) is 6.26 Å². The van der Waals surface area contributed by atoms with Gasteiger partial charge in [-0.1, -0.05) is 15.9 Å². The quantitative estimate of drug-likeness (QED) is 0.571. The van der Waals surface area contributed by atoms with E-state index in [4.69, 9.17) is 4.74 Å². The van der Waals surface area contributed by atoms with E-state index in [2.05, 4.69) is 64.6 Å². The summed E-state index contributed by atoms with van der Waals surface area (Å²) in [6.45, 7) is 7.47. The van der Waals surface area contributed by atoms with Crippen molar-refractivity contribution in [1.29, 1.82) is 0 Å². The molecule has 0 aliphatic heterocycles. The lowest BCUT2D eigenvalue weighted by Gasteiger charge is -2.22. The van der Waals surface area contributed by atoms with E-state index in [-0.39, 0.29) is 0 Å². The molecular formula is C18H20BrN7O. The smallest absolute Gasteiger partial charge is 0.224 e. The standard InChI is InChI=1S/C18H20BrN7O/c1-4-26(17-8-6-15(20-21-17)18-22-24-25-23-18)10-13-9-14(19)5-7-16(13)27-11-12(2)3/h5-9,11H,4,10H2,1-3H3,(H,22,23,24,25). The third-order valence-electron chi connectivity index (χ3n) is 3.74. The molecule has 0 fully saturated rings. The van der Waals surface area contributed by atoms with Crippen molar-refractivity contribution in [2.45, 2.75) is 27.3 Å². The maximum atomic E-state index is 5.83. The van der Waals surface area contributed by atoms with Gasteiger partial charge in [-0.3, -0.25) is 0 Å². The number of hydrogen-bond acceptors (Lipinski definition) is 7. The first-order valence-corrected chi connectivity index (χ1v) is 9.27. The molecule has 3 aromatic rings. The molecule has 0 saturated carbocycles. The van der Waals surface area contributed by atoms with Crippen LogP contribution in [0.5, 0.6) is 5.75 Å². The van der Waals surface area contributed by atoms with Crippen molar-refractivity contribution >= 4 is 21.7 Å². The van der Waals surface area contributed by atoms with Crippen molar-refractivity contribution in [3.05, 3.63) is 52.2 Å². The summed E-state index contributed by atoms with van der Waals surface area (Å²) in [5, 5.41) is 22.3. The molecule has 2 heterocycles. The molecule has 0 aliphatic rings. The topological polar surface area (TPSA) is 92.7 Å². The summed E-state index contributed by atoms with van der Waals surface area (Å²) in [6.07, 6.45) is 1.75. The van der Waals surface area contributed by atoms with Crippen LogP contribution in [0.25, 0.3) is 11.5 Å². The summed E-state index contributed by atoms with van der Waals surface area (Å²) in [5.74, 6) is 1.99. The Morgan fingerprint density at radius 2 is 2.04 bits per heavy atom. The van der Waals surface area contributed by atoms with E-state index in [0.717, 1.165) is 33.7 Å². The molecule has 0 unspecified atom stereocenters. The van der Waals surface area contributed by atoms with Gasteiger partial charge in [0.1, 0.15) is 11.4 Å². The second-order valence-electron chi connectivity index (χ2n) is 6.09.